The summed E-state index contributed by atoms with van der Waals surface area (Å²) in [6.07, 6.45) is 6.95. The van der Waals surface area contributed by atoms with E-state index in [1.54, 1.807) is 49.8 Å². The monoisotopic (exact) mass is 528 g/mol. The topological polar surface area (TPSA) is 133 Å². The molecule has 1 unspecified atom stereocenters. The average molecular weight is 529 g/mol. The molecule has 6 rings (SSSR count). The quantitative estimate of drug-likeness (QED) is 0.305. The summed E-state index contributed by atoms with van der Waals surface area (Å²) >= 11 is 0. The summed E-state index contributed by atoms with van der Waals surface area (Å²) in [4.78, 5) is 36.4. The highest BCUT2D eigenvalue weighted by molar-refractivity contribution is 6.04. The number of amides is 1. The van der Waals surface area contributed by atoms with E-state index < -0.39 is 11.9 Å². The number of nitrogens with two attached hydrogens (primary N) is 1. The van der Waals surface area contributed by atoms with E-state index in [0.29, 0.717) is 40.3 Å². The van der Waals surface area contributed by atoms with E-state index in [0.717, 1.165) is 5.56 Å². The predicted molar refractivity (Wildman–Crippen MR) is 154 cm³/mol. The smallest absolute Gasteiger partial charge is 0.267 e. The van der Waals surface area contributed by atoms with Crippen molar-refractivity contribution in [1.29, 1.82) is 0 Å². The lowest BCUT2D eigenvalue weighted by atomic mass is 10.1. The molecule has 4 N–H and O–H groups in total. The maximum absolute atomic E-state index is 14.1. The Morgan fingerprint density at radius 3 is 2.67 bits per heavy atom. The number of fused-ring (bicyclic) bond motifs is 2. The van der Waals surface area contributed by atoms with Gasteiger partial charge in [0.25, 0.3) is 11.5 Å². The largest absolute Gasteiger partial charge is 0.381 e. The number of carbonyl (C=O) groups is 1. The first-order valence-electron chi connectivity index (χ1n) is 12.6. The molecule has 196 valence electrons. The molecule has 1 atom stereocenters. The third kappa shape index (κ3) is 4.46. The van der Waals surface area contributed by atoms with Crippen LogP contribution in [0.4, 0.5) is 11.6 Å². The first kappa shape index (κ1) is 24.6. The van der Waals surface area contributed by atoms with Gasteiger partial charge in [0, 0.05) is 36.3 Å². The molecule has 0 bridgehead atoms. The van der Waals surface area contributed by atoms with E-state index >= 15 is 0 Å². The Labute approximate surface area is 229 Å². The number of carbonyl (C=O) groups excluding carboxylic acids is 1. The molecule has 0 radical (unpaired) electrons. The van der Waals surface area contributed by atoms with Crippen LogP contribution in [0.1, 0.15) is 40.3 Å². The molecular weight excluding hydrogens is 504 g/mol. The van der Waals surface area contributed by atoms with Crippen LogP contribution in [0.15, 0.2) is 83.9 Å². The minimum atomic E-state index is -0.662. The normalized spacial score (nSPS) is 12.6. The Bertz CT molecular complexity index is 1900. The molecule has 10 nitrogen and oxygen atoms in total. The summed E-state index contributed by atoms with van der Waals surface area (Å²) < 4.78 is 3.05. The zero-order valence-electron chi connectivity index (χ0n) is 21.5. The highest BCUT2D eigenvalue weighted by Gasteiger charge is 2.26. The number of hydrogen-bond donors (Lipinski definition) is 3. The predicted octanol–water partition coefficient (Wildman–Crippen LogP) is 3.35. The third-order valence-electron chi connectivity index (χ3n) is 6.49. The van der Waals surface area contributed by atoms with Crippen LogP contribution < -0.4 is 21.9 Å². The molecule has 2 aromatic carbocycles. The van der Waals surface area contributed by atoms with Crippen LogP contribution in [-0.4, -0.2) is 36.8 Å². The second-order valence-corrected chi connectivity index (χ2v) is 9.15. The molecule has 40 heavy (non-hydrogen) atoms. The number of benzene rings is 2. The Balaban J connectivity index is 1.46. The van der Waals surface area contributed by atoms with Gasteiger partial charge in [-0.1, -0.05) is 36.1 Å². The molecule has 0 saturated carbocycles. The van der Waals surface area contributed by atoms with Gasteiger partial charge in [-0.3, -0.25) is 19.1 Å². The van der Waals surface area contributed by atoms with Gasteiger partial charge in [0.1, 0.15) is 17.2 Å². The summed E-state index contributed by atoms with van der Waals surface area (Å²) in [5.74, 6) is 6.76. The van der Waals surface area contributed by atoms with Gasteiger partial charge in [0.05, 0.1) is 22.6 Å². The maximum atomic E-state index is 14.1. The van der Waals surface area contributed by atoms with Gasteiger partial charge in [-0.2, -0.15) is 0 Å². The second-order valence-electron chi connectivity index (χ2n) is 9.15. The molecule has 4 heterocycles. The zero-order chi connectivity index (χ0) is 27.6. The van der Waals surface area contributed by atoms with Gasteiger partial charge in [0.15, 0.2) is 5.82 Å². The van der Waals surface area contributed by atoms with Gasteiger partial charge in [-0.25, -0.2) is 9.67 Å². The zero-order valence-corrected chi connectivity index (χ0v) is 21.5. The Morgan fingerprint density at radius 2 is 1.88 bits per heavy atom. The van der Waals surface area contributed by atoms with Crippen molar-refractivity contribution in [2.45, 2.75) is 13.0 Å². The van der Waals surface area contributed by atoms with E-state index in [-0.39, 0.29) is 16.9 Å². The van der Waals surface area contributed by atoms with Gasteiger partial charge in [-0.15, -0.1) is 5.10 Å². The van der Waals surface area contributed by atoms with Crippen molar-refractivity contribution in [3.8, 4) is 17.5 Å². The molecule has 0 aliphatic carbocycles. The van der Waals surface area contributed by atoms with Crippen molar-refractivity contribution in [2.75, 3.05) is 17.6 Å². The van der Waals surface area contributed by atoms with Gasteiger partial charge < -0.3 is 16.4 Å². The fourth-order valence-corrected chi connectivity index (χ4v) is 4.64. The van der Waals surface area contributed by atoms with Crippen LogP contribution in [0.25, 0.3) is 22.8 Å². The van der Waals surface area contributed by atoms with Gasteiger partial charge in [0.2, 0.25) is 0 Å². The SMILES string of the molecule is CC(NC(=O)c1c(N)nn2c1NCC=C2)c1nc2cccc(C#Cc3ccncc3)c2c(=O)n1-c1ccccc1. The molecule has 3 aromatic heterocycles. The number of pyridine rings is 1. The Hall–Kier alpha value is -5.69. The number of hydrogen-bond acceptors (Lipinski definition) is 7. The lowest BCUT2D eigenvalue weighted by Gasteiger charge is -2.20. The van der Waals surface area contributed by atoms with Gasteiger partial charge >= 0.3 is 0 Å². The Kier molecular flexibility index (Phi) is 6.30. The van der Waals surface area contributed by atoms with Gasteiger partial charge in [-0.05, 0) is 49.4 Å². The molecule has 10 heteroatoms. The van der Waals surface area contributed by atoms with Crippen molar-refractivity contribution in [1.82, 2.24) is 29.6 Å². The van der Waals surface area contributed by atoms with E-state index in [2.05, 4.69) is 32.6 Å². The van der Waals surface area contributed by atoms with Crippen LogP contribution in [0.5, 0.6) is 0 Å². The number of anilines is 2. The Morgan fingerprint density at radius 1 is 1.07 bits per heavy atom. The first-order valence-corrected chi connectivity index (χ1v) is 12.6. The lowest BCUT2D eigenvalue weighted by molar-refractivity contribution is 0.0939. The standard InChI is InChI=1S/C30H24N8O2/c1-19(34-29(39)25-26(31)36-37-18-6-15-33-28(25)37)27-35-23-10-5-7-21(12-11-20-13-16-32-17-14-20)24(23)30(40)38(27)22-8-3-2-4-9-22/h2-10,13-14,16-19,33H,15H2,1H3,(H2,31,36)(H,34,39). The van der Waals surface area contributed by atoms with Crippen LogP contribution in [0.2, 0.25) is 0 Å². The van der Waals surface area contributed by atoms with Crippen LogP contribution in [0, 0.1) is 11.8 Å². The molecule has 0 saturated heterocycles. The molecule has 0 fully saturated rings. The van der Waals surface area contributed by atoms with Crippen molar-refractivity contribution < 1.29 is 4.79 Å². The maximum Gasteiger partial charge on any atom is 0.267 e. The molecule has 5 aromatic rings. The molecule has 1 aliphatic rings. The number of para-hydroxylation sites is 1. The summed E-state index contributed by atoms with van der Waals surface area (Å²) in [5.41, 5.74) is 8.46. The first-order chi connectivity index (χ1) is 19.5. The summed E-state index contributed by atoms with van der Waals surface area (Å²) in [5, 5.41) is 10.7. The van der Waals surface area contributed by atoms with E-state index in [9.17, 15) is 9.59 Å². The molecular formula is C30H24N8O2. The lowest BCUT2D eigenvalue weighted by Crippen LogP contribution is -2.34. The number of nitrogens with one attached hydrogen (secondary N) is 2. The fourth-order valence-electron chi connectivity index (χ4n) is 4.64. The number of nitrogens with zero attached hydrogens (tertiary/aromatic N) is 5. The minimum Gasteiger partial charge on any atom is -0.381 e. The van der Waals surface area contributed by atoms with Crippen molar-refractivity contribution in [3.63, 3.8) is 0 Å². The van der Waals surface area contributed by atoms with E-state index in [4.69, 9.17) is 10.7 Å². The van der Waals surface area contributed by atoms with Crippen LogP contribution >= 0.6 is 0 Å². The third-order valence-corrected chi connectivity index (χ3v) is 6.49. The minimum absolute atomic E-state index is 0.100. The fraction of sp³-hybridized carbons (Fsp3) is 0.100. The summed E-state index contributed by atoms with van der Waals surface area (Å²) in [6, 6.07) is 17.5. The molecule has 1 amide bonds. The highest BCUT2D eigenvalue weighted by Crippen LogP contribution is 2.26. The number of aromatic nitrogens is 5. The molecule has 1 aliphatic heterocycles. The average Bonchev–Trinajstić information content (AvgIpc) is 3.32. The summed E-state index contributed by atoms with van der Waals surface area (Å²) in [6.45, 7) is 2.32. The van der Waals surface area contributed by atoms with Crippen molar-refractivity contribution >= 4 is 34.6 Å². The van der Waals surface area contributed by atoms with E-state index in [1.165, 1.54) is 9.25 Å². The van der Waals surface area contributed by atoms with Crippen LogP contribution in [-0.2, 0) is 0 Å². The van der Waals surface area contributed by atoms with Crippen molar-refractivity contribution in [3.05, 3.63) is 112 Å². The molecule has 0 spiro atoms. The van der Waals surface area contributed by atoms with E-state index in [1.807, 2.05) is 42.5 Å². The summed E-state index contributed by atoms with van der Waals surface area (Å²) in [7, 11) is 0. The number of rotatable bonds is 4. The van der Waals surface area contributed by atoms with Crippen molar-refractivity contribution in [2.24, 2.45) is 0 Å². The highest BCUT2D eigenvalue weighted by atomic mass is 16.2. The second kappa shape index (κ2) is 10.2. The number of nitrogen functional groups attached to an aromatic ring is 1. The van der Waals surface area contributed by atoms with Crippen LogP contribution in [0.3, 0.4) is 0 Å².